The van der Waals surface area contributed by atoms with E-state index in [0.717, 1.165) is 24.3 Å². The van der Waals surface area contributed by atoms with Crippen molar-refractivity contribution in [3.63, 3.8) is 0 Å². The fourth-order valence-corrected chi connectivity index (χ4v) is 1.88. The van der Waals surface area contributed by atoms with Gasteiger partial charge in [0.2, 0.25) is 5.91 Å². The molecule has 1 atom stereocenters. The number of carbonyl (C=O) groups excluding carboxylic acids is 2. The molecule has 0 aliphatic carbocycles. The second-order valence-corrected chi connectivity index (χ2v) is 4.75. The summed E-state index contributed by atoms with van der Waals surface area (Å²) in [6, 6.07) is 4.04. The van der Waals surface area contributed by atoms with E-state index < -0.39 is 36.4 Å². The van der Waals surface area contributed by atoms with E-state index in [1.165, 1.54) is 18.4 Å². The molecule has 24 heavy (non-hydrogen) atoms. The highest BCUT2D eigenvalue weighted by Crippen LogP contribution is 2.32. The number of hydrogen-bond acceptors (Lipinski definition) is 3. The summed E-state index contributed by atoms with van der Waals surface area (Å²) in [4.78, 5) is 23.2. The average molecular weight is 344 g/mol. The summed E-state index contributed by atoms with van der Waals surface area (Å²) in [7, 11) is 0. The second-order valence-electron chi connectivity index (χ2n) is 4.75. The van der Waals surface area contributed by atoms with Crippen LogP contribution >= 0.6 is 0 Å². The highest BCUT2D eigenvalue weighted by Gasteiger charge is 2.41. The Morgan fingerprint density at radius 3 is 2.33 bits per heavy atom. The van der Waals surface area contributed by atoms with Gasteiger partial charge in [-0.3, -0.25) is 9.59 Å². The molecular weight excluding hydrogens is 332 g/mol. The Labute approximate surface area is 133 Å². The van der Waals surface area contributed by atoms with Gasteiger partial charge in [0.25, 0.3) is 5.91 Å². The van der Waals surface area contributed by atoms with Crippen molar-refractivity contribution in [3.8, 4) is 0 Å². The van der Waals surface area contributed by atoms with E-state index in [4.69, 9.17) is 4.42 Å². The number of amides is 2. The van der Waals surface area contributed by atoms with Crippen molar-refractivity contribution in [1.82, 2.24) is 10.6 Å². The van der Waals surface area contributed by atoms with Crippen LogP contribution in [0.25, 0.3) is 0 Å². The molecule has 0 aliphatic rings. The van der Waals surface area contributed by atoms with E-state index in [2.05, 4.69) is 5.32 Å². The monoisotopic (exact) mass is 344 g/mol. The van der Waals surface area contributed by atoms with Crippen LogP contribution in [0.2, 0.25) is 0 Å². The third kappa shape index (κ3) is 4.58. The van der Waals surface area contributed by atoms with Gasteiger partial charge in [-0.2, -0.15) is 13.2 Å². The molecule has 1 aromatic heterocycles. The molecule has 0 bridgehead atoms. The molecule has 0 saturated heterocycles. The summed E-state index contributed by atoms with van der Waals surface area (Å²) in [5, 5.41) is 3.89. The number of halogens is 4. The molecular formula is C15H12F4N2O3. The SMILES string of the molecule is O=C(CNC(=O)c1ccco1)N[C@H](c1ccc(F)cc1)C(F)(F)F. The molecule has 2 N–H and O–H groups in total. The lowest BCUT2D eigenvalue weighted by molar-refractivity contribution is -0.163. The van der Waals surface area contributed by atoms with Gasteiger partial charge in [-0.15, -0.1) is 0 Å². The van der Waals surface area contributed by atoms with Crippen LogP contribution in [0, 0.1) is 5.82 Å². The number of furan rings is 1. The van der Waals surface area contributed by atoms with Crippen molar-refractivity contribution in [3.05, 3.63) is 59.8 Å². The van der Waals surface area contributed by atoms with Crippen molar-refractivity contribution in [2.45, 2.75) is 12.2 Å². The normalized spacial score (nSPS) is 12.5. The van der Waals surface area contributed by atoms with Gasteiger partial charge in [0.15, 0.2) is 11.8 Å². The number of benzene rings is 1. The van der Waals surface area contributed by atoms with Gasteiger partial charge in [-0.25, -0.2) is 4.39 Å². The minimum Gasteiger partial charge on any atom is -0.459 e. The van der Waals surface area contributed by atoms with Crippen molar-refractivity contribution in [1.29, 1.82) is 0 Å². The molecule has 0 unspecified atom stereocenters. The van der Waals surface area contributed by atoms with E-state index in [1.807, 2.05) is 0 Å². The van der Waals surface area contributed by atoms with E-state index in [-0.39, 0.29) is 11.3 Å². The lowest BCUT2D eigenvalue weighted by atomic mass is 10.1. The van der Waals surface area contributed by atoms with Crippen molar-refractivity contribution < 1.29 is 31.6 Å². The zero-order valence-corrected chi connectivity index (χ0v) is 12.1. The Balaban J connectivity index is 2.00. The van der Waals surface area contributed by atoms with Crippen LogP contribution in [0.15, 0.2) is 47.1 Å². The summed E-state index contributed by atoms with van der Waals surface area (Å²) in [6.07, 6.45) is -3.54. The van der Waals surface area contributed by atoms with E-state index in [0.29, 0.717) is 0 Å². The van der Waals surface area contributed by atoms with Crippen LogP contribution in [0.3, 0.4) is 0 Å². The van der Waals surface area contributed by atoms with Gasteiger partial charge in [-0.05, 0) is 29.8 Å². The fourth-order valence-electron chi connectivity index (χ4n) is 1.88. The van der Waals surface area contributed by atoms with Gasteiger partial charge in [0.05, 0.1) is 12.8 Å². The topological polar surface area (TPSA) is 71.3 Å². The predicted octanol–water partition coefficient (Wildman–Crippen LogP) is 2.57. The smallest absolute Gasteiger partial charge is 0.412 e. The maximum absolute atomic E-state index is 13.1. The molecule has 2 amide bonds. The standard InChI is InChI=1S/C15H12F4N2O3/c16-10-5-3-9(4-6-10)13(15(17,18)19)21-12(22)8-20-14(23)11-2-1-7-24-11/h1-7,13H,8H2,(H,20,23)(H,21,22)/t13-/m1/s1. The summed E-state index contributed by atoms with van der Waals surface area (Å²) in [5.74, 6) is -2.56. The summed E-state index contributed by atoms with van der Waals surface area (Å²) < 4.78 is 56.8. The van der Waals surface area contributed by atoms with E-state index in [1.54, 1.807) is 5.32 Å². The Morgan fingerprint density at radius 1 is 1.12 bits per heavy atom. The third-order valence-electron chi connectivity index (χ3n) is 2.99. The molecule has 2 rings (SSSR count). The van der Waals surface area contributed by atoms with Crippen LogP contribution in [-0.4, -0.2) is 24.5 Å². The molecule has 5 nitrogen and oxygen atoms in total. The van der Waals surface area contributed by atoms with Crippen molar-refractivity contribution in [2.75, 3.05) is 6.54 Å². The number of rotatable bonds is 5. The molecule has 0 fully saturated rings. The molecule has 0 radical (unpaired) electrons. The Kier molecular flexibility index (Phi) is 5.22. The van der Waals surface area contributed by atoms with Gasteiger partial charge < -0.3 is 15.1 Å². The minimum absolute atomic E-state index is 0.0753. The molecule has 1 heterocycles. The maximum Gasteiger partial charge on any atom is 0.412 e. The minimum atomic E-state index is -4.78. The highest BCUT2D eigenvalue weighted by molar-refractivity contribution is 5.94. The summed E-state index contributed by atoms with van der Waals surface area (Å²) in [6.45, 7) is -0.673. The number of carbonyl (C=O) groups is 2. The summed E-state index contributed by atoms with van der Waals surface area (Å²) in [5.41, 5.74) is -0.324. The molecule has 9 heteroatoms. The van der Waals surface area contributed by atoms with Gasteiger partial charge in [0, 0.05) is 0 Å². The van der Waals surface area contributed by atoms with Crippen LogP contribution in [0.4, 0.5) is 17.6 Å². The lowest BCUT2D eigenvalue weighted by Crippen LogP contribution is -2.43. The van der Waals surface area contributed by atoms with Crippen molar-refractivity contribution in [2.24, 2.45) is 0 Å². The number of alkyl halides is 3. The highest BCUT2D eigenvalue weighted by atomic mass is 19.4. The van der Waals surface area contributed by atoms with Gasteiger partial charge in [-0.1, -0.05) is 12.1 Å². The maximum atomic E-state index is 13.1. The number of nitrogens with one attached hydrogen (secondary N) is 2. The number of hydrogen-bond donors (Lipinski definition) is 2. The molecule has 0 aliphatic heterocycles. The zero-order valence-electron chi connectivity index (χ0n) is 12.1. The van der Waals surface area contributed by atoms with Crippen LogP contribution in [-0.2, 0) is 4.79 Å². The van der Waals surface area contributed by atoms with Gasteiger partial charge in [0.1, 0.15) is 5.82 Å². The Hall–Kier alpha value is -2.84. The molecule has 0 spiro atoms. The van der Waals surface area contributed by atoms with Gasteiger partial charge >= 0.3 is 6.18 Å². The first-order valence-corrected chi connectivity index (χ1v) is 6.70. The average Bonchev–Trinajstić information content (AvgIpc) is 3.05. The molecule has 0 saturated carbocycles. The first kappa shape index (κ1) is 17.5. The van der Waals surface area contributed by atoms with Crippen LogP contribution in [0.1, 0.15) is 22.2 Å². The molecule has 128 valence electrons. The molecule has 1 aromatic carbocycles. The summed E-state index contributed by atoms with van der Waals surface area (Å²) >= 11 is 0. The first-order valence-electron chi connectivity index (χ1n) is 6.70. The third-order valence-corrected chi connectivity index (χ3v) is 2.99. The zero-order chi connectivity index (χ0) is 17.7. The first-order chi connectivity index (χ1) is 11.3. The predicted molar refractivity (Wildman–Crippen MR) is 74.4 cm³/mol. The van der Waals surface area contributed by atoms with E-state index in [9.17, 15) is 27.2 Å². The molecule has 2 aromatic rings. The van der Waals surface area contributed by atoms with Crippen LogP contribution in [0.5, 0.6) is 0 Å². The lowest BCUT2D eigenvalue weighted by Gasteiger charge is -2.22. The second kappa shape index (κ2) is 7.16. The van der Waals surface area contributed by atoms with Crippen LogP contribution < -0.4 is 10.6 Å². The Morgan fingerprint density at radius 2 is 1.79 bits per heavy atom. The quantitative estimate of drug-likeness (QED) is 0.819. The Bertz CT molecular complexity index is 697. The van der Waals surface area contributed by atoms with Crippen molar-refractivity contribution >= 4 is 11.8 Å². The largest absolute Gasteiger partial charge is 0.459 e. The van der Waals surface area contributed by atoms with E-state index >= 15 is 0 Å². The fraction of sp³-hybridized carbons (Fsp3) is 0.200.